The Morgan fingerprint density at radius 1 is 1.22 bits per heavy atom. The zero-order valence-electron chi connectivity index (χ0n) is 14.7. The Morgan fingerprint density at radius 2 is 1.87 bits per heavy atom. The summed E-state index contributed by atoms with van der Waals surface area (Å²) >= 11 is 0. The van der Waals surface area contributed by atoms with Gasteiger partial charge in [0, 0.05) is 19.6 Å². The van der Waals surface area contributed by atoms with E-state index in [0.717, 1.165) is 31.6 Å². The van der Waals surface area contributed by atoms with E-state index in [-0.39, 0.29) is 12.1 Å². The van der Waals surface area contributed by atoms with Gasteiger partial charge < -0.3 is 14.5 Å². The normalized spacial score (nSPS) is 16.5. The molecule has 0 aromatic heterocycles. The molecule has 1 aromatic carbocycles. The molecule has 4 heteroatoms. The van der Waals surface area contributed by atoms with Crippen molar-refractivity contribution in [2.24, 2.45) is 5.92 Å². The highest BCUT2D eigenvalue weighted by Crippen LogP contribution is 2.16. The first kappa shape index (κ1) is 17.8. The minimum atomic E-state index is -0.223. The summed E-state index contributed by atoms with van der Waals surface area (Å²) in [7, 11) is 1.87. The molecule has 0 spiro atoms. The molecule has 1 amide bonds. The molecule has 1 aromatic rings. The van der Waals surface area contributed by atoms with Crippen molar-refractivity contribution in [3.05, 3.63) is 35.9 Å². The Balaban J connectivity index is 1.88. The van der Waals surface area contributed by atoms with E-state index < -0.39 is 0 Å². The van der Waals surface area contributed by atoms with Gasteiger partial charge in [0.05, 0.1) is 0 Å². The molecular formula is C19H30N2O2. The van der Waals surface area contributed by atoms with E-state index in [1.165, 1.54) is 12.8 Å². The summed E-state index contributed by atoms with van der Waals surface area (Å²) in [4.78, 5) is 16.7. The van der Waals surface area contributed by atoms with Crippen LogP contribution >= 0.6 is 0 Å². The Labute approximate surface area is 140 Å². The lowest BCUT2D eigenvalue weighted by Gasteiger charge is -2.32. The van der Waals surface area contributed by atoms with Crippen molar-refractivity contribution in [1.82, 2.24) is 9.80 Å². The van der Waals surface area contributed by atoms with Gasteiger partial charge in [0.2, 0.25) is 0 Å². The van der Waals surface area contributed by atoms with Crippen molar-refractivity contribution in [3.63, 3.8) is 0 Å². The Bertz CT molecular complexity index is 470. The van der Waals surface area contributed by atoms with Crippen molar-refractivity contribution in [3.8, 4) is 0 Å². The molecule has 1 aliphatic rings. The van der Waals surface area contributed by atoms with Crippen molar-refractivity contribution < 1.29 is 9.53 Å². The highest BCUT2D eigenvalue weighted by Gasteiger charge is 2.25. The molecule has 0 saturated carbocycles. The number of carbonyl (C=O) groups excluding carboxylic acids is 1. The quantitative estimate of drug-likeness (QED) is 0.767. The van der Waals surface area contributed by atoms with E-state index in [4.69, 9.17) is 4.74 Å². The average Bonchev–Trinajstić information content (AvgIpc) is 3.05. The topological polar surface area (TPSA) is 32.8 Å². The number of hydrogen-bond acceptors (Lipinski definition) is 3. The summed E-state index contributed by atoms with van der Waals surface area (Å²) in [5.74, 6) is 0.562. The third-order valence-corrected chi connectivity index (χ3v) is 4.45. The van der Waals surface area contributed by atoms with Gasteiger partial charge in [-0.05, 0) is 43.8 Å². The van der Waals surface area contributed by atoms with Crippen LogP contribution in [0.2, 0.25) is 0 Å². The Kier molecular flexibility index (Phi) is 6.90. The molecule has 1 aliphatic heterocycles. The molecule has 1 fully saturated rings. The Hall–Kier alpha value is -1.55. The molecule has 1 saturated heterocycles. The predicted molar refractivity (Wildman–Crippen MR) is 93.3 cm³/mol. The molecule has 0 unspecified atom stereocenters. The number of benzene rings is 1. The summed E-state index contributed by atoms with van der Waals surface area (Å²) < 4.78 is 5.49. The first-order valence-electron chi connectivity index (χ1n) is 8.72. The molecule has 0 radical (unpaired) electrons. The number of likely N-dealkylation sites (tertiary alicyclic amines) is 1. The lowest BCUT2D eigenvalue weighted by molar-refractivity contribution is 0.0788. The van der Waals surface area contributed by atoms with Gasteiger partial charge in [-0.2, -0.15) is 0 Å². The number of ether oxygens (including phenoxy) is 1. The van der Waals surface area contributed by atoms with Crippen LogP contribution in [-0.2, 0) is 11.3 Å². The minimum absolute atomic E-state index is 0.219. The van der Waals surface area contributed by atoms with Gasteiger partial charge >= 0.3 is 6.09 Å². The lowest BCUT2D eigenvalue weighted by atomic mass is 10.0. The van der Waals surface area contributed by atoms with Gasteiger partial charge in [-0.25, -0.2) is 4.79 Å². The van der Waals surface area contributed by atoms with E-state index in [1.54, 1.807) is 4.90 Å². The van der Waals surface area contributed by atoms with E-state index in [9.17, 15) is 4.79 Å². The second kappa shape index (κ2) is 8.92. The molecule has 1 atom stereocenters. The average molecular weight is 318 g/mol. The molecule has 0 aliphatic carbocycles. The van der Waals surface area contributed by atoms with E-state index >= 15 is 0 Å². The smallest absolute Gasteiger partial charge is 0.410 e. The van der Waals surface area contributed by atoms with Crippen molar-refractivity contribution >= 4 is 6.09 Å². The van der Waals surface area contributed by atoms with E-state index in [0.29, 0.717) is 12.5 Å². The van der Waals surface area contributed by atoms with Crippen molar-refractivity contribution in [2.75, 3.05) is 26.7 Å². The van der Waals surface area contributed by atoms with Crippen LogP contribution in [0.1, 0.15) is 38.7 Å². The molecular weight excluding hydrogens is 288 g/mol. The SMILES string of the molecule is CC(C)C[C@@H](CN1CCCC1)N(C)C(=O)OCc1ccccc1. The van der Waals surface area contributed by atoms with Crippen LogP contribution < -0.4 is 0 Å². The monoisotopic (exact) mass is 318 g/mol. The number of carbonyl (C=O) groups is 1. The molecule has 23 heavy (non-hydrogen) atoms. The molecule has 4 nitrogen and oxygen atoms in total. The maximum atomic E-state index is 12.4. The van der Waals surface area contributed by atoms with Crippen molar-refractivity contribution in [2.45, 2.75) is 45.8 Å². The fraction of sp³-hybridized carbons (Fsp3) is 0.632. The van der Waals surface area contributed by atoms with Crippen LogP contribution in [0.5, 0.6) is 0 Å². The van der Waals surface area contributed by atoms with Crippen LogP contribution in [0.15, 0.2) is 30.3 Å². The van der Waals surface area contributed by atoms with Crippen molar-refractivity contribution in [1.29, 1.82) is 0 Å². The summed E-state index contributed by atoms with van der Waals surface area (Å²) in [5.41, 5.74) is 1.02. The second-order valence-corrected chi connectivity index (χ2v) is 6.94. The summed E-state index contributed by atoms with van der Waals surface area (Å²) in [5, 5.41) is 0. The van der Waals surface area contributed by atoms with Crippen LogP contribution in [0.3, 0.4) is 0 Å². The summed E-state index contributed by atoms with van der Waals surface area (Å²) in [6.07, 6.45) is 3.33. The fourth-order valence-corrected chi connectivity index (χ4v) is 3.13. The lowest BCUT2D eigenvalue weighted by Crippen LogP contribution is -2.45. The molecule has 1 heterocycles. The zero-order chi connectivity index (χ0) is 16.7. The third kappa shape index (κ3) is 5.87. The van der Waals surface area contributed by atoms with Gasteiger partial charge in [0.15, 0.2) is 0 Å². The number of hydrogen-bond donors (Lipinski definition) is 0. The Morgan fingerprint density at radius 3 is 2.48 bits per heavy atom. The summed E-state index contributed by atoms with van der Waals surface area (Å²) in [6.45, 7) is 8.01. The third-order valence-electron chi connectivity index (χ3n) is 4.45. The van der Waals surface area contributed by atoms with Crippen LogP contribution in [0.25, 0.3) is 0 Å². The van der Waals surface area contributed by atoms with Crippen LogP contribution in [0, 0.1) is 5.92 Å². The second-order valence-electron chi connectivity index (χ2n) is 6.94. The first-order chi connectivity index (χ1) is 11.1. The zero-order valence-corrected chi connectivity index (χ0v) is 14.7. The highest BCUT2D eigenvalue weighted by atomic mass is 16.6. The van der Waals surface area contributed by atoms with Gasteiger partial charge in [0.25, 0.3) is 0 Å². The first-order valence-corrected chi connectivity index (χ1v) is 8.72. The number of nitrogens with zero attached hydrogens (tertiary/aromatic N) is 2. The number of amides is 1. The molecule has 0 bridgehead atoms. The molecule has 0 N–H and O–H groups in total. The van der Waals surface area contributed by atoms with Gasteiger partial charge in [-0.1, -0.05) is 44.2 Å². The van der Waals surface area contributed by atoms with Gasteiger partial charge in [-0.3, -0.25) is 0 Å². The highest BCUT2D eigenvalue weighted by molar-refractivity contribution is 5.67. The maximum absolute atomic E-state index is 12.4. The van der Waals surface area contributed by atoms with E-state index in [2.05, 4.69) is 18.7 Å². The largest absolute Gasteiger partial charge is 0.445 e. The standard InChI is InChI=1S/C19H30N2O2/c1-16(2)13-18(14-21-11-7-8-12-21)20(3)19(22)23-15-17-9-5-4-6-10-17/h4-6,9-10,16,18H,7-8,11-15H2,1-3H3/t18-/m0/s1. The predicted octanol–water partition coefficient (Wildman–Crippen LogP) is 3.77. The van der Waals surface area contributed by atoms with Gasteiger partial charge in [-0.15, -0.1) is 0 Å². The number of rotatable bonds is 7. The van der Waals surface area contributed by atoms with Crippen LogP contribution in [-0.4, -0.2) is 48.6 Å². The molecule has 2 rings (SSSR count). The maximum Gasteiger partial charge on any atom is 0.410 e. The van der Waals surface area contributed by atoms with Crippen LogP contribution in [0.4, 0.5) is 4.79 Å². The molecule has 128 valence electrons. The van der Waals surface area contributed by atoms with Gasteiger partial charge in [0.1, 0.15) is 6.61 Å². The van der Waals surface area contributed by atoms with E-state index in [1.807, 2.05) is 37.4 Å². The fourth-order valence-electron chi connectivity index (χ4n) is 3.13. The minimum Gasteiger partial charge on any atom is -0.445 e. The summed E-state index contributed by atoms with van der Waals surface area (Å²) in [6, 6.07) is 10.1. The number of likely N-dealkylation sites (N-methyl/N-ethyl adjacent to an activating group) is 1.